The first kappa shape index (κ1) is 27.0. The van der Waals surface area contributed by atoms with Crippen molar-refractivity contribution in [3.05, 3.63) is 88.0 Å². The number of carbonyl (C=O) groups excluding carboxylic acids is 2. The number of ether oxygens (including phenoxy) is 2. The summed E-state index contributed by atoms with van der Waals surface area (Å²) in [5.74, 6) is -0.0120. The highest BCUT2D eigenvalue weighted by atomic mass is 16.5. The highest BCUT2D eigenvalue weighted by molar-refractivity contribution is 6.10. The normalized spacial score (nSPS) is 10.9. The predicted octanol–water partition coefficient (Wildman–Crippen LogP) is 5.88. The maximum Gasteiger partial charge on any atom is 0.266 e. The molecule has 0 saturated heterocycles. The molecule has 0 unspecified atom stereocenters. The van der Waals surface area contributed by atoms with Crippen molar-refractivity contribution in [1.29, 1.82) is 5.26 Å². The van der Waals surface area contributed by atoms with E-state index in [0.717, 1.165) is 27.9 Å². The first-order valence-corrected chi connectivity index (χ1v) is 12.0. The van der Waals surface area contributed by atoms with Gasteiger partial charge in [0.05, 0.1) is 6.61 Å². The van der Waals surface area contributed by atoms with Crippen LogP contribution < -0.4 is 20.1 Å². The smallest absolute Gasteiger partial charge is 0.266 e. The lowest BCUT2D eigenvalue weighted by molar-refractivity contribution is -0.118. The Morgan fingerprint density at radius 3 is 2.38 bits per heavy atom. The van der Waals surface area contributed by atoms with Crippen LogP contribution in [0.2, 0.25) is 0 Å². The van der Waals surface area contributed by atoms with E-state index in [0.29, 0.717) is 29.4 Å². The first-order valence-electron chi connectivity index (χ1n) is 12.0. The van der Waals surface area contributed by atoms with E-state index in [1.54, 1.807) is 18.2 Å². The monoisotopic (exact) mass is 497 g/mol. The third kappa shape index (κ3) is 7.21. The van der Waals surface area contributed by atoms with Crippen LogP contribution >= 0.6 is 0 Å². The fourth-order valence-electron chi connectivity index (χ4n) is 3.68. The molecule has 2 amide bonds. The van der Waals surface area contributed by atoms with E-state index in [2.05, 4.69) is 10.6 Å². The lowest BCUT2D eigenvalue weighted by Gasteiger charge is -2.14. The van der Waals surface area contributed by atoms with Crippen LogP contribution in [0.15, 0.2) is 60.2 Å². The van der Waals surface area contributed by atoms with Crippen molar-refractivity contribution in [2.75, 3.05) is 23.8 Å². The molecule has 3 rings (SSSR count). The Hall–Kier alpha value is -4.57. The molecule has 190 valence electrons. The summed E-state index contributed by atoms with van der Waals surface area (Å²) in [5, 5.41) is 15.3. The average Bonchev–Trinajstić information content (AvgIpc) is 2.86. The number of anilines is 2. The Morgan fingerprint density at radius 1 is 0.892 bits per heavy atom. The van der Waals surface area contributed by atoms with E-state index in [1.165, 1.54) is 6.08 Å². The number of hydrogen-bond acceptors (Lipinski definition) is 5. The van der Waals surface area contributed by atoms with Crippen LogP contribution in [0.4, 0.5) is 11.4 Å². The predicted molar refractivity (Wildman–Crippen MR) is 146 cm³/mol. The molecule has 0 spiro atoms. The number of benzene rings is 3. The number of nitrogens with zero attached hydrogens (tertiary/aromatic N) is 1. The summed E-state index contributed by atoms with van der Waals surface area (Å²) in [6.45, 7) is 9.80. The molecule has 0 aromatic heterocycles. The van der Waals surface area contributed by atoms with Crippen molar-refractivity contribution >= 4 is 29.3 Å². The number of nitriles is 1. The van der Waals surface area contributed by atoms with Gasteiger partial charge >= 0.3 is 0 Å². The molecule has 0 aliphatic heterocycles. The van der Waals surface area contributed by atoms with Crippen molar-refractivity contribution in [3.63, 3.8) is 0 Å². The first-order chi connectivity index (χ1) is 17.7. The molecule has 3 aromatic carbocycles. The molecular weight excluding hydrogens is 466 g/mol. The van der Waals surface area contributed by atoms with Gasteiger partial charge in [0.15, 0.2) is 18.1 Å². The Labute approximate surface area is 217 Å². The van der Waals surface area contributed by atoms with Gasteiger partial charge in [-0.25, -0.2) is 0 Å². The van der Waals surface area contributed by atoms with E-state index in [4.69, 9.17) is 9.47 Å². The van der Waals surface area contributed by atoms with Crippen molar-refractivity contribution in [2.24, 2.45) is 0 Å². The zero-order valence-corrected chi connectivity index (χ0v) is 21.8. The second kappa shape index (κ2) is 12.4. The standard InChI is InChI=1S/C30H31N3O4/c1-6-36-28-16-23(15-24(17-31)30(35)33-25-12-10-19(2)14-21(25)4)11-13-27(28)37-18-29(34)32-26-9-7-8-20(3)22(26)5/h7-16H,6,18H2,1-5H3,(H,32,34)(H,33,35)/b24-15+. The molecule has 0 aliphatic rings. The van der Waals surface area contributed by atoms with Crippen LogP contribution in [0, 0.1) is 39.0 Å². The van der Waals surface area contributed by atoms with Crippen molar-refractivity contribution in [2.45, 2.75) is 34.6 Å². The molecule has 0 bridgehead atoms. The van der Waals surface area contributed by atoms with Gasteiger partial charge in [0.25, 0.3) is 11.8 Å². The molecule has 0 aliphatic carbocycles. The Balaban J connectivity index is 1.73. The minimum absolute atomic E-state index is 0.0519. The Morgan fingerprint density at radius 2 is 1.68 bits per heavy atom. The van der Waals surface area contributed by atoms with E-state index in [9.17, 15) is 14.9 Å². The summed E-state index contributed by atoms with van der Waals surface area (Å²) in [7, 11) is 0. The summed E-state index contributed by atoms with van der Waals surface area (Å²) >= 11 is 0. The largest absolute Gasteiger partial charge is 0.490 e. The molecular formula is C30H31N3O4. The molecule has 0 atom stereocenters. The van der Waals surface area contributed by atoms with Crippen LogP contribution in [-0.2, 0) is 9.59 Å². The maximum atomic E-state index is 12.7. The number of aryl methyl sites for hydroxylation is 3. The fraction of sp³-hybridized carbons (Fsp3) is 0.233. The van der Waals surface area contributed by atoms with Gasteiger partial charge in [0.1, 0.15) is 11.6 Å². The van der Waals surface area contributed by atoms with Crippen molar-refractivity contribution in [1.82, 2.24) is 0 Å². The summed E-state index contributed by atoms with van der Waals surface area (Å²) in [5.41, 5.74) is 5.99. The number of carbonyl (C=O) groups is 2. The quantitative estimate of drug-likeness (QED) is 0.284. The molecule has 2 N–H and O–H groups in total. The number of nitrogens with one attached hydrogen (secondary N) is 2. The van der Waals surface area contributed by atoms with Crippen LogP contribution in [-0.4, -0.2) is 25.0 Å². The van der Waals surface area contributed by atoms with Gasteiger partial charge in [-0.3, -0.25) is 9.59 Å². The number of amides is 2. The van der Waals surface area contributed by atoms with Gasteiger partial charge in [-0.1, -0.05) is 35.9 Å². The lowest BCUT2D eigenvalue weighted by atomic mass is 10.1. The number of rotatable bonds is 9. The van der Waals surface area contributed by atoms with Crippen LogP contribution in [0.3, 0.4) is 0 Å². The minimum Gasteiger partial charge on any atom is -0.490 e. The van der Waals surface area contributed by atoms with Crippen LogP contribution in [0.1, 0.15) is 34.7 Å². The summed E-state index contributed by atoms with van der Waals surface area (Å²) < 4.78 is 11.4. The highest BCUT2D eigenvalue weighted by Gasteiger charge is 2.14. The van der Waals surface area contributed by atoms with Gasteiger partial charge in [-0.2, -0.15) is 5.26 Å². The van der Waals surface area contributed by atoms with Crippen molar-refractivity contribution in [3.8, 4) is 17.6 Å². The Bertz CT molecular complexity index is 1390. The second-order valence-corrected chi connectivity index (χ2v) is 8.67. The lowest BCUT2D eigenvalue weighted by Crippen LogP contribution is -2.21. The topological polar surface area (TPSA) is 100 Å². The SMILES string of the molecule is CCOc1cc(/C=C(\C#N)C(=O)Nc2ccc(C)cc2C)ccc1OCC(=O)Nc1cccc(C)c1C. The molecule has 3 aromatic rings. The molecule has 0 radical (unpaired) electrons. The molecule has 0 saturated carbocycles. The molecule has 0 fully saturated rings. The summed E-state index contributed by atoms with van der Waals surface area (Å²) in [4.78, 5) is 25.2. The van der Waals surface area contributed by atoms with Gasteiger partial charge in [-0.15, -0.1) is 0 Å². The number of hydrogen-bond donors (Lipinski definition) is 2. The zero-order chi connectivity index (χ0) is 26.9. The third-order valence-electron chi connectivity index (χ3n) is 5.81. The Kier molecular flexibility index (Phi) is 9.06. The van der Waals surface area contributed by atoms with Crippen molar-refractivity contribution < 1.29 is 19.1 Å². The van der Waals surface area contributed by atoms with Crippen LogP contribution in [0.5, 0.6) is 11.5 Å². The van der Waals surface area contributed by atoms with E-state index < -0.39 is 5.91 Å². The molecule has 37 heavy (non-hydrogen) atoms. The van der Waals surface area contributed by atoms with Gasteiger partial charge < -0.3 is 20.1 Å². The van der Waals surface area contributed by atoms with Gasteiger partial charge in [0.2, 0.25) is 0 Å². The van der Waals surface area contributed by atoms with Gasteiger partial charge in [0, 0.05) is 11.4 Å². The average molecular weight is 498 g/mol. The fourth-order valence-corrected chi connectivity index (χ4v) is 3.68. The highest BCUT2D eigenvalue weighted by Crippen LogP contribution is 2.30. The summed E-state index contributed by atoms with van der Waals surface area (Å²) in [6.07, 6.45) is 1.48. The third-order valence-corrected chi connectivity index (χ3v) is 5.81. The molecule has 7 heteroatoms. The minimum atomic E-state index is -0.504. The van der Waals surface area contributed by atoms with Gasteiger partial charge in [-0.05, 0) is 87.2 Å². The zero-order valence-electron chi connectivity index (χ0n) is 21.8. The second-order valence-electron chi connectivity index (χ2n) is 8.67. The molecule has 0 heterocycles. The van der Waals surface area contributed by atoms with E-state index in [1.807, 2.05) is 77.1 Å². The van der Waals surface area contributed by atoms with Crippen LogP contribution in [0.25, 0.3) is 6.08 Å². The van der Waals surface area contributed by atoms with E-state index in [-0.39, 0.29) is 18.1 Å². The van der Waals surface area contributed by atoms with E-state index >= 15 is 0 Å². The maximum absolute atomic E-state index is 12.7. The molecule has 7 nitrogen and oxygen atoms in total. The summed E-state index contributed by atoms with van der Waals surface area (Å²) in [6, 6.07) is 18.4.